The third kappa shape index (κ3) is 6.48. The minimum absolute atomic E-state index is 0.0457. The minimum Gasteiger partial charge on any atom is -0.368 e. The van der Waals surface area contributed by atoms with Crippen LogP contribution < -0.4 is 27.0 Å². The molecule has 6 atom stereocenters. The molecule has 0 aromatic heterocycles. The molecule has 3 fully saturated rings. The van der Waals surface area contributed by atoms with Crippen LogP contribution in [0.15, 0.2) is 30.3 Å². The van der Waals surface area contributed by atoms with Crippen LogP contribution >= 0.6 is 0 Å². The molecule has 1 aromatic rings. The molecule has 2 heterocycles. The lowest BCUT2D eigenvalue weighted by Crippen LogP contribution is -2.63. The topological polar surface area (TPSA) is 180 Å². The SMILES string of the molecule is CC(C)(C)NC(=O)N[C@H](C(=O)N1CC2C(C)(C)C2([C@H](C[C@H]2CCNC2=O)C(=O)C(=O)NCc2ccccc2)C1C(N)=O)C(C)(C)C. The summed E-state index contributed by atoms with van der Waals surface area (Å²) in [6, 6.07) is 6.36. The van der Waals surface area contributed by atoms with Crippen molar-refractivity contribution in [1.29, 1.82) is 0 Å². The molecule has 3 unspecified atom stereocenters. The first kappa shape index (κ1) is 34.9. The molecule has 46 heavy (non-hydrogen) atoms. The van der Waals surface area contributed by atoms with Crippen molar-refractivity contribution in [2.24, 2.45) is 39.7 Å². The number of urea groups is 1. The van der Waals surface area contributed by atoms with Gasteiger partial charge in [0.2, 0.25) is 23.5 Å². The molecular formula is C34H50N6O6. The third-order valence-corrected chi connectivity index (χ3v) is 10.1. The fraction of sp³-hybridized carbons (Fsp3) is 0.647. The maximum Gasteiger partial charge on any atom is 0.315 e. The number of rotatable bonds is 10. The smallest absolute Gasteiger partial charge is 0.315 e. The molecule has 6 N–H and O–H groups in total. The maximum atomic E-state index is 14.4. The van der Waals surface area contributed by atoms with Gasteiger partial charge in [0.15, 0.2) is 0 Å². The molecule has 3 aliphatic rings. The summed E-state index contributed by atoms with van der Waals surface area (Å²) >= 11 is 0. The summed E-state index contributed by atoms with van der Waals surface area (Å²) < 4.78 is 0. The normalized spacial score (nSPS) is 26.3. The number of ketones is 1. The molecule has 1 aromatic carbocycles. The first-order chi connectivity index (χ1) is 21.2. The van der Waals surface area contributed by atoms with Gasteiger partial charge in [-0.1, -0.05) is 65.0 Å². The molecule has 252 valence electrons. The predicted molar refractivity (Wildman–Crippen MR) is 172 cm³/mol. The summed E-state index contributed by atoms with van der Waals surface area (Å²) in [6.07, 6.45) is 0.530. The summed E-state index contributed by atoms with van der Waals surface area (Å²) in [5, 5.41) is 11.1. The Hall–Kier alpha value is -3.96. The van der Waals surface area contributed by atoms with Crippen LogP contribution in [0.25, 0.3) is 0 Å². The highest BCUT2D eigenvalue weighted by atomic mass is 16.2. The van der Waals surface area contributed by atoms with Crippen molar-refractivity contribution < 1.29 is 28.8 Å². The molecule has 1 aliphatic carbocycles. The van der Waals surface area contributed by atoms with Gasteiger partial charge >= 0.3 is 6.03 Å². The van der Waals surface area contributed by atoms with E-state index in [2.05, 4.69) is 21.3 Å². The number of nitrogens with two attached hydrogens (primary N) is 1. The van der Waals surface area contributed by atoms with Gasteiger partial charge in [0.05, 0.1) is 0 Å². The molecule has 2 saturated heterocycles. The van der Waals surface area contributed by atoms with Crippen LogP contribution in [0.2, 0.25) is 0 Å². The summed E-state index contributed by atoms with van der Waals surface area (Å²) in [6.45, 7) is 15.4. The van der Waals surface area contributed by atoms with Crippen molar-refractivity contribution >= 4 is 35.4 Å². The molecular weight excluding hydrogens is 588 g/mol. The Morgan fingerprint density at radius 1 is 1.04 bits per heavy atom. The van der Waals surface area contributed by atoms with Crippen molar-refractivity contribution in [1.82, 2.24) is 26.2 Å². The Morgan fingerprint density at radius 3 is 2.20 bits per heavy atom. The second-order valence-corrected chi connectivity index (χ2v) is 15.7. The first-order valence-corrected chi connectivity index (χ1v) is 16.1. The van der Waals surface area contributed by atoms with Gasteiger partial charge < -0.3 is 31.9 Å². The van der Waals surface area contributed by atoms with E-state index in [1.165, 1.54) is 4.90 Å². The number of hydrogen-bond donors (Lipinski definition) is 5. The number of nitrogens with one attached hydrogen (secondary N) is 4. The predicted octanol–water partition coefficient (Wildman–Crippen LogP) is 1.87. The van der Waals surface area contributed by atoms with Crippen molar-refractivity contribution in [2.75, 3.05) is 13.1 Å². The van der Waals surface area contributed by atoms with Gasteiger partial charge in [-0.3, -0.25) is 24.0 Å². The van der Waals surface area contributed by atoms with Crippen molar-refractivity contribution in [2.45, 2.75) is 92.4 Å². The average molecular weight is 639 g/mol. The van der Waals surface area contributed by atoms with Crippen LogP contribution in [0.3, 0.4) is 0 Å². The second kappa shape index (κ2) is 12.3. The highest BCUT2D eigenvalue weighted by Crippen LogP contribution is 2.79. The van der Waals surface area contributed by atoms with Gasteiger partial charge in [0.25, 0.3) is 5.91 Å². The highest BCUT2D eigenvalue weighted by Gasteiger charge is 2.84. The Morgan fingerprint density at radius 2 is 1.67 bits per heavy atom. The Labute approximate surface area is 271 Å². The fourth-order valence-electron chi connectivity index (χ4n) is 7.93. The Kier molecular flexibility index (Phi) is 9.36. The van der Waals surface area contributed by atoms with Gasteiger partial charge in [-0.15, -0.1) is 0 Å². The quantitative estimate of drug-likeness (QED) is 0.244. The van der Waals surface area contributed by atoms with E-state index >= 15 is 0 Å². The standard InChI is InChI=1S/C34H50N6O6/c1-31(2,3)24(38-30(46)39-32(4,5)6)29(45)40-18-22-33(7,8)34(22,25(40)26(35)42)21(16-20-14-15-36-27(20)43)23(41)28(44)37-17-19-12-10-9-11-13-19/h9-13,20-22,24-25H,14-18H2,1-8H3,(H2,35,42)(H,36,43)(H,37,44)(H2,38,39,46)/t20-,21-,22?,24-,25?,34?/m1/s1. The number of hydrogen-bond acceptors (Lipinski definition) is 6. The van der Waals surface area contributed by atoms with Crippen molar-refractivity contribution in [3.63, 3.8) is 0 Å². The lowest BCUT2D eigenvalue weighted by Gasteiger charge is -2.41. The Balaban J connectivity index is 1.71. The summed E-state index contributed by atoms with van der Waals surface area (Å²) in [5.41, 5.74) is 3.75. The van der Waals surface area contributed by atoms with E-state index in [0.717, 1.165) is 5.56 Å². The minimum atomic E-state index is -1.24. The summed E-state index contributed by atoms with van der Waals surface area (Å²) in [5.74, 6) is -5.01. The van der Waals surface area contributed by atoms with E-state index in [0.29, 0.717) is 13.0 Å². The number of piperidine rings is 1. The van der Waals surface area contributed by atoms with Gasteiger partial charge in [0, 0.05) is 42.4 Å². The van der Waals surface area contributed by atoms with Crippen molar-refractivity contribution in [3.8, 4) is 0 Å². The van der Waals surface area contributed by atoms with E-state index < -0.39 is 75.2 Å². The zero-order chi connectivity index (χ0) is 34.4. The zero-order valence-electron chi connectivity index (χ0n) is 28.3. The fourth-order valence-corrected chi connectivity index (χ4v) is 7.93. The molecule has 4 rings (SSSR count). The average Bonchev–Trinajstić information content (AvgIpc) is 3.28. The van der Waals surface area contributed by atoms with E-state index in [-0.39, 0.29) is 31.3 Å². The Bertz CT molecular complexity index is 1400. The molecule has 0 spiro atoms. The number of nitrogens with zero attached hydrogens (tertiary/aromatic N) is 1. The van der Waals surface area contributed by atoms with Crippen LogP contribution in [0.4, 0.5) is 4.79 Å². The first-order valence-electron chi connectivity index (χ1n) is 16.1. The number of amides is 6. The second-order valence-electron chi connectivity index (χ2n) is 15.7. The number of likely N-dealkylation sites (tertiary alicyclic amines) is 1. The van der Waals surface area contributed by atoms with Gasteiger partial charge in [-0.05, 0) is 55.9 Å². The lowest BCUT2D eigenvalue weighted by molar-refractivity contribution is -0.149. The number of benzene rings is 1. The molecule has 6 amide bonds. The summed E-state index contributed by atoms with van der Waals surface area (Å²) in [4.78, 5) is 82.6. The summed E-state index contributed by atoms with van der Waals surface area (Å²) in [7, 11) is 0. The maximum absolute atomic E-state index is 14.4. The highest BCUT2D eigenvalue weighted by molar-refractivity contribution is 6.37. The van der Waals surface area contributed by atoms with Gasteiger partial charge in [-0.25, -0.2) is 4.79 Å². The molecule has 0 radical (unpaired) electrons. The zero-order valence-corrected chi connectivity index (χ0v) is 28.3. The van der Waals surface area contributed by atoms with E-state index in [9.17, 15) is 28.8 Å². The van der Waals surface area contributed by atoms with E-state index in [4.69, 9.17) is 5.73 Å². The van der Waals surface area contributed by atoms with Crippen LogP contribution in [0.1, 0.15) is 73.8 Å². The van der Waals surface area contributed by atoms with E-state index in [1.54, 1.807) is 0 Å². The third-order valence-electron chi connectivity index (χ3n) is 10.1. The largest absolute Gasteiger partial charge is 0.368 e. The molecule has 0 bridgehead atoms. The van der Waals surface area contributed by atoms with Gasteiger partial charge in [-0.2, -0.15) is 0 Å². The number of primary amides is 1. The van der Waals surface area contributed by atoms with Crippen molar-refractivity contribution in [3.05, 3.63) is 35.9 Å². The molecule has 2 aliphatic heterocycles. The van der Waals surface area contributed by atoms with Crippen LogP contribution in [-0.2, 0) is 30.5 Å². The number of carbonyl (C=O) groups is 6. The lowest BCUT2D eigenvalue weighted by atomic mass is 9.70. The number of fused-ring (bicyclic) bond motifs is 1. The van der Waals surface area contributed by atoms with Crippen LogP contribution in [0.5, 0.6) is 0 Å². The molecule has 12 nitrogen and oxygen atoms in total. The molecule has 1 saturated carbocycles. The van der Waals surface area contributed by atoms with Crippen LogP contribution in [0, 0.1) is 34.0 Å². The molecule has 12 heteroatoms. The number of Topliss-reactive ketones (excluding diaryl/α,β-unsaturated/α-hetero) is 1. The van der Waals surface area contributed by atoms with E-state index in [1.807, 2.05) is 85.7 Å². The monoisotopic (exact) mass is 638 g/mol. The number of carbonyl (C=O) groups excluding carboxylic acids is 6. The van der Waals surface area contributed by atoms with Gasteiger partial charge in [0.1, 0.15) is 12.1 Å². The van der Waals surface area contributed by atoms with Crippen LogP contribution in [-0.4, -0.2) is 71.1 Å².